The lowest BCUT2D eigenvalue weighted by atomic mass is 10.2. The number of esters is 1. The minimum Gasteiger partial charge on any atom is -0.497 e. The highest BCUT2D eigenvalue weighted by Gasteiger charge is 1.99. The van der Waals surface area contributed by atoms with E-state index in [-0.39, 0.29) is 6.61 Å². The lowest BCUT2D eigenvalue weighted by Crippen LogP contribution is -2.05. The van der Waals surface area contributed by atoms with Gasteiger partial charge in [-0.05, 0) is 23.8 Å². The van der Waals surface area contributed by atoms with Crippen molar-refractivity contribution in [1.29, 1.82) is 0 Å². The fourth-order valence-electron chi connectivity index (χ4n) is 1.32. The van der Waals surface area contributed by atoms with Gasteiger partial charge in [0.15, 0.2) is 0 Å². The number of hydrogen-bond donors (Lipinski definition) is 0. The molecule has 0 heterocycles. The first-order valence-electron chi connectivity index (χ1n) is 5.96. The summed E-state index contributed by atoms with van der Waals surface area (Å²) in [4.78, 5) is 13.3. The van der Waals surface area contributed by atoms with Crippen LogP contribution < -0.4 is 4.74 Å². The second-order valence-corrected chi connectivity index (χ2v) is 3.71. The van der Waals surface area contributed by atoms with Gasteiger partial charge in [0.1, 0.15) is 12.4 Å². The van der Waals surface area contributed by atoms with Gasteiger partial charge in [-0.2, -0.15) is 4.79 Å². The first kappa shape index (κ1) is 15.6. The number of nitrogens with zero attached hydrogens (tertiary/aromatic N) is 2. The van der Waals surface area contributed by atoms with Crippen LogP contribution in [-0.4, -0.2) is 37.3 Å². The largest absolute Gasteiger partial charge is 0.497 e. The van der Waals surface area contributed by atoms with Gasteiger partial charge in [0.2, 0.25) is 0 Å². The molecule has 1 aromatic carbocycles. The zero-order chi connectivity index (χ0) is 14.6. The zero-order valence-electron chi connectivity index (χ0n) is 11.2. The lowest BCUT2D eigenvalue weighted by Gasteiger charge is -2.03. The maximum atomic E-state index is 10.8. The van der Waals surface area contributed by atoms with Gasteiger partial charge in [0.05, 0.1) is 20.3 Å². The number of rotatable bonds is 8. The summed E-state index contributed by atoms with van der Waals surface area (Å²) in [6.45, 7) is 1.01. The monoisotopic (exact) mass is 276 g/mol. The summed E-state index contributed by atoms with van der Waals surface area (Å²) < 4.78 is 15.1. The molecule has 1 rings (SSSR count). The Kier molecular flexibility index (Phi) is 7.42. The fraction of sp³-hybridized carbons (Fsp3) is 0.286. The van der Waals surface area contributed by atoms with Crippen LogP contribution in [0.4, 0.5) is 0 Å². The molecule has 0 aliphatic carbocycles. The molecule has 0 saturated carbocycles. The first-order chi connectivity index (χ1) is 9.76. The molecule has 0 amide bonds. The van der Waals surface area contributed by atoms with Gasteiger partial charge in [-0.25, -0.2) is 4.79 Å². The van der Waals surface area contributed by atoms with Crippen LogP contribution in [0.3, 0.4) is 0 Å². The quantitative estimate of drug-likeness (QED) is 0.180. The molecule has 0 aromatic heterocycles. The number of carbonyl (C=O) groups excluding carboxylic acids is 1. The van der Waals surface area contributed by atoms with E-state index >= 15 is 0 Å². The van der Waals surface area contributed by atoms with E-state index in [1.54, 1.807) is 19.3 Å². The van der Waals surface area contributed by atoms with E-state index in [1.165, 1.54) is 0 Å². The molecule has 6 nitrogen and oxygen atoms in total. The highest BCUT2D eigenvalue weighted by molar-refractivity contribution is 6.20. The molecule has 0 saturated heterocycles. The van der Waals surface area contributed by atoms with Crippen LogP contribution in [0.1, 0.15) is 5.56 Å². The molecule has 0 N–H and O–H groups in total. The topological polar surface area (TPSA) is 81.2 Å². The molecule has 0 aliphatic rings. The van der Waals surface area contributed by atoms with E-state index < -0.39 is 5.97 Å². The molecule has 0 fully saturated rings. The molecule has 0 radical (unpaired) electrons. The molecule has 6 heteroatoms. The van der Waals surface area contributed by atoms with Crippen LogP contribution in [0, 0.1) is 0 Å². The van der Waals surface area contributed by atoms with Crippen LogP contribution in [0.15, 0.2) is 36.4 Å². The Morgan fingerprint density at radius 2 is 1.95 bits per heavy atom. The molecule has 106 valence electrons. The molecular weight excluding hydrogens is 260 g/mol. The molecule has 0 atom stereocenters. The normalized spacial score (nSPS) is 10.1. The van der Waals surface area contributed by atoms with Crippen LogP contribution in [0.2, 0.25) is 0 Å². The average Bonchev–Trinajstić information content (AvgIpc) is 2.47. The van der Waals surface area contributed by atoms with Crippen molar-refractivity contribution >= 4 is 12.2 Å². The Bertz CT molecular complexity index is 490. The van der Waals surface area contributed by atoms with Gasteiger partial charge in [0.25, 0.3) is 0 Å². The number of ether oxygens (including phenoxy) is 3. The summed E-state index contributed by atoms with van der Waals surface area (Å²) in [5, 5.41) is 0. The van der Waals surface area contributed by atoms with Crippen molar-refractivity contribution in [2.45, 2.75) is 6.61 Å². The Balaban J connectivity index is 2.14. The second kappa shape index (κ2) is 9.49. The van der Waals surface area contributed by atoms with Crippen LogP contribution in [0.5, 0.6) is 5.75 Å². The van der Waals surface area contributed by atoms with E-state index in [9.17, 15) is 4.79 Å². The standard InChI is InChI=1S/C14H16N2O4/c1-18-13-6-4-12(5-7-13)11-19-8-2-3-9-20-14(17)10-16-15/h2-7,10H,8-9,11H2,1H3/b3-2-. The van der Waals surface area contributed by atoms with Crippen molar-refractivity contribution < 1.29 is 23.8 Å². The van der Waals surface area contributed by atoms with Crippen LogP contribution >= 0.6 is 0 Å². The van der Waals surface area contributed by atoms with E-state index in [4.69, 9.17) is 15.0 Å². The van der Waals surface area contributed by atoms with E-state index in [0.717, 1.165) is 11.3 Å². The first-order valence-corrected chi connectivity index (χ1v) is 5.96. The van der Waals surface area contributed by atoms with Crippen LogP contribution in [-0.2, 0) is 20.9 Å². The molecular formula is C14H16N2O4. The van der Waals surface area contributed by atoms with Gasteiger partial charge in [-0.15, -0.1) is 0 Å². The second-order valence-electron chi connectivity index (χ2n) is 3.71. The number of benzene rings is 1. The maximum absolute atomic E-state index is 10.8. The van der Waals surface area contributed by atoms with Gasteiger partial charge < -0.3 is 19.7 Å². The van der Waals surface area contributed by atoms with Crippen molar-refractivity contribution in [2.75, 3.05) is 20.3 Å². The Labute approximate surface area is 117 Å². The van der Waals surface area contributed by atoms with E-state index in [1.807, 2.05) is 24.3 Å². The van der Waals surface area contributed by atoms with Crippen LogP contribution in [0.25, 0.3) is 5.53 Å². The lowest BCUT2D eigenvalue weighted by molar-refractivity contribution is -0.137. The van der Waals surface area contributed by atoms with Gasteiger partial charge in [-0.1, -0.05) is 18.2 Å². The number of hydrogen-bond acceptors (Lipinski definition) is 4. The molecule has 0 bridgehead atoms. The zero-order valence-corrected chi connectivity index (χ0v) is 11.2. The third-order valence-corrected chi connectivity index (χ3v) is 2.29. The van der Waals surface area contributed by atoms with Crippen molar-refractivity contribution in [1.82, 2.24) is 0 Å². The third kappa shape index (κ3) is 6.49. The molecule has 0 unspecified atom stereocenters. The van der Waals surface area contributed by atoms with Gasteiger partial charge >= 0.3 is 12.2 Å². The molecule has 0 spiro atoms. The van der Waals surface area contributed by atoms with Gasteiger partial charge in [-0.3, -0.25) is 0 Å². The molecule has 20 heavy (non-hydrogen) atoms. The Hall–Kier alpha value is -2.43. The summed E-state index contributed by atoms with van der Waals surface area (Å²) in [5.74, 6) is 0.109. The molecule has 0 aliphatic heterocycles. The Morgan fingerprint density at radius 3 is 2.60 bits per heavy atom. The summed E-state index contributed by atoms with van der Waals surface area (Å²) >= 11 is 0. The minimum atomic E-state index is -0.698. The van der Waals surface area contributed by atoms with Crippen molar-refractivity contribution in [3.05, 3.63) is 47.5 Å². The predicted octanol–water partition coefficient (Wildman–Crippen LogP) is 1.61. The van der Waals surface area contributed by atoms with Gasteiger partial charge in [0, 0.05) is 0 Å². The molecule has 1 aromatic rings. The van der Waals surface area contributed by atoms with E-state index in [2.05, 4.69) is 9.53 Å². The smallest absolute Gasteiger partial charge is 0.413 e. The SMILES string of the molecule is COc1ccc(COC/C=C\COC(=O)C=[N+]=[N-])cc1. The fourth-order valence-corrected chi connectivity index (χ4v) is 1.32. The summed E-state index contributed by atoms with van der Waals surface area (Å²) in [7, 11) is 1.62. The van der Waals surface area contributed by atoms with Crippen molar-refractivity contribution in [3.63, 3.8) is 0 Å². The average molecular weight is 276 g/mol. The van der Waals surface area contributed by atoms with Crippen molar-refractivity contribution in [2.24, 2.45) is 0 Å². The summed E-state index contributed by atoms with van der Waals surface area (Å²) in [6.07, 6.45) is 4.08. The maximum Gasteiger partial charge on any atom is 0.413 e. The minimum absolute atomic E-state index is 0.108. The number of carbonyl (C=O) groups is 1. The summed E-state index contributed by atoms with van der Waals surface area (Å²) in [5.41, 5.74) is 9.12. The van der Waals surface area contributed by atoms with E-state index in [0.29, 0.717) is 19.4 Å². The highest BCUT2D eigenvalue weighted by atomic mass is 16.5. The number of methoxy groups -OCH3 is 1. The highest BCUT2D eigenvalue weighted by Crippen LogP contribution is 2.11. The third-order valence-electron chi connectivity index (χ3n) is 2.29. The Morgan fingerprint density at radius 1 is 1.25 bits per heavy atom. The van der Waals surface area contributed by atoms with Crippen molar-refractivity contribution in [3.8, 4) is 5.75 Å². The summed E-state index contributed by atoms with van der Waals surface area (Å²) in [6, 6.07) is 7.60. The predicted molar refractivity (Wildman–Crippen MR) is 72.4 cm³/mol.